The number of aliphatic hydroxyl groups is 1. The maximum Gasteiger partial charge on any atom is 0.0626 e. The van der Waals surface area contributed by atoms with Crippen LogP contribution in [-0.2, 0) is 5.41 Å². The van der Waals surface area contributed by atoms with Crippen molar-refractivity contribution in [3.8, 4) is 0 Å². The molecule has 1 rings (SSSR count). The lowest BCUT2D eigenvalue weighted by atomic mass is 9.86. The van der Waals surface area contributed by atoms with Crippen LogP contribution in [0.1, 0.15) is 37.9 Å². The van der Waals surface area contributed by atoms with Crippen molar-refractivity contribution in [2.75, 3.05) is 13.7 Å². The molecule has 2 N–H and O–H groups in total. The fourth-order valence-corrected chi connectivity index (χ4v) is 1.58. The van der Waals surface area contributed by atoms with Crippen molar-refractivity contribution in [1.29, 1.82) is 0 Å². The van der Waals surface area contributed by atoms with Gasteiger partial charge in [0.15, 0.2) is 0 Å². The van der Waals surface area contributed by atoms with E-state index < -0.39 is 0 Å². The molecular weight excluding hydrogens is 222 g/mol. The van der Waals surface area contributed by atoms with Gasteiger partial charge in [-0.2, -0.15) is 0 Å². The van der Waals surface area contributed by atoms with Crippen molar-refractivity contribution in [3.63, 3.8) is 0 Å². The number of hydrogen-bond acceptors (Lipinski definition) is 2. The van der Waals surface area contributed by atoms with Crippen LogP contribution in [-0.4, -0.2) is 18.8 Å². The molecule has 0 bridgehead atoms. The van der Waals surface area contributed by atoms with E-state index in [1.165, 1.54) is 5.56 Å². The molecule has 0 aliphatic carbocycles. The highest BCUT2D eigenvalue weighted by atomic mass is 35.5. The van der Waals surface area contributed by atoms with Gasteiger partial charge >= 0.3 is 0 Å². The second-order valence-electron chi connectivity index (χ2n) is 4.90. The van der Waals surface area contributed by atoms with Gasteiger partial charge in [0.1, 0.15) is 0 Å². The second kappa shape index (κ2) is 6.24. The smallest absolute Gasteiger partial charge is 0.0626 e. The third kappa shape index (κ3) is 3.78. The zero-order valence-electron chi connectivity index (χ0n) is 10.4. The predicted octanol–water partition coefficient (Wildman–Crippen LogP) is 2.66. The van der Waals surface area contributed by atoms with Gasteiger partial charge in [0.25, 0.3) is 0 Å². The molecule has 1 unspecified atom stereocenters. The van der Waals surface area contributed by atoms with Crippen molar-refractivity contribution < 1.29 is 5.11 Å². The molecule has 16 heavy (non-hydrogen) atoms. The number of aliphatic hydroxyl groups excluding tert-OH is 1. The molecule has 1 aromatic rings. The molecule has 0 saturated heterocycles. The van der Waals surface area contributed by atoms with E-state index in [4.69, 9.17) is 5.11 Å². The monoisotopic (exact) mass is 243 g/mol. The van der Waals surface area contributed by atoms with E-state index in [9.17, 15) is 0 Å². The highest BCUT2D eigenvalue weighted by molar-refractivity contribution is 5.85. The third-order valence-electron chi connectivity index (χ3n) is 2.71. The van der Waals surface area contributed by atoms with E-state index >= 15 is 0 Å². The van der Waals surface area contributed by atoms with Gasteiger partial charge < -0.3 is 10.4 Å². The van der Waals surface area contributed by atoms with Crippen LogP contribution < -0.4 is 5.32 Å². The molecule has 0 heterocycles. The molecule has 1 aromatic carbocycles. The lowest BCUT2D eigenvalue weighted by Crippen LogP contribution is -2.20. The summed E-state index contributed by atoms with van der Waals surface area (Å²) >= 11 is 0. The number of likely N-dealkylation sites (N-methyl/N-ethyl adjacent to an activating group) is 1. The molecule has 0 aliphatic rings. The summed E-state index contributed by atoms with van der Waals surface area (Å²) in [7, 11) is 1.86. The molecule has 0 saturated carbocycles. The maximum absolute atomic E-state index is 9.15. The number of hydrogen-bond donors (Lipinski definition) is 2. The molecular formula is C13H22ClNO. The fourth-order valence-electron chi connectivity index (χ4n) is 1.58. The van der Waals surface area contributed by atoms with Crippen LogP contribution in [0.15, 0.2) is 24.3 Å². The molecule has 0 amide bonds. The van der Waals surface area contributed by atoms with Gasteiger partial charge in [-0.3, -0.25) is 0 Å². The summed E-state index contributed by atoms with van der Waals surface area (Å²) in [6.45, 7) is 6.72. The molecule has 2 nitrogen and oxygen atoms in total. The molecule has 3 heteroatoms. The van der Waals surface area contributed by atoms with Gasteiger partial charge in [0, 0.05) is 0 Å². The highest BCUT2D eigenvalue weighted by Crippen LogP contribution is 2.23. The van der Waals surface area contributed by atoms with Crippen LogP contribution in [0.2, 0.25) is 0 Å². The summed E-state index contributed by atoms with van der Waals surface area (Å²) in [4.78, 5) is 0. The van der Waals surface area contributed by atoms with Gasteiger partial charge in [0.05, 0.1) is 12.6 Å². The van der Waals surface area contributed by atoms with Crippen molar-refractivity contribution in [2.24, 2.45) is 0 Å². The van der Waals surface area contributed by atoms with E-state index in [1.54, 1.807) is 0 Å². The topological polar surface area (TPSA) is 32.3 Å². The van der Waals surface area contributed by atoms with E-state index in [1.807, 2.05) is 7.05 Å². The maximum atomic E-state index is 9.15. The number of rotatable bonds is 3. The first-order valence-corrected chi connectivity index (χ1v) is 5.37. The van der Waals surface area contributed by atoms with Crippen LogP contribution in [0.4, 0.5) is 0 Å². The Hall–Kier alpha value is -0.570. The SMILES string of the molecule is CNC(CO)c1ccc(C(C)(C)C)cc1.Cl. The van der Waals surface area contributed by atoms with E-state index in [0.717, 1.165) is 5.56 Å². The van der Waals surface area contributed by atoms with Gasteiger partial charge in [-0.05, 0) is 23.6 Å². The Balaban J connectivity index is 0.00000225. The molecule has 0 aromatic heterocycles. The summed E-state index contributed by atoms with van der Waals surface area (Å²) in [5.41, 5.74) is 2.64. The Labute approximate surface area is 104 Å². The average Bonchev–Trinajstić information content (AvgIpc) is 2.19. The predicted molar refractivity (Wildman–Crippen MR) is 71.3 cm³/mol. The fraction of sp³-hybridized carbons (Fsp3) is 0.538. The molecule has 0 radical (unpaired) electrons. The first-order valence-electron chi connectivity index (χ1n) is 5.37. The van der Waals surface area contributed by atoms with E-state index in [2.05, 4.69) is 50.4 Å². The summed E-state index contributed by atoms with van der Waals surface area (Å²) in [6.07, 6.45) is 0. The normalized spacial score (nSPS) is 13.1. The van der Waals surface area contributed by atoms with E-state index in [-0.39, 0.29) is 30.5 Å². The van der Waals surface area contributed by atoms with Crippen LogP contribution >= 0.6 is 12.4 Å². The zero-order valence-corrected chi connectivity index (χ0v) is 11.3. The minimum atomic E-state index is 0. The van der Waals surface area contributed by atoms with Crippen molar-refractivity contribution in [1.82, 2.24) is 5.32 Å². The van der Waals surface area contributed by atoms with Gasteiger partial charge in [-0.1, -0.05) is 45.0 Å². The molecule has 92 valence electrons. The molecule has 0 spiro atoms. The number of benzene rings is 1. The molecule has 0 aliphatic heterocycles. The molecule has 0 fully saturated rings. The standard InChI is InChI=1S/C13H21NO.ClH/c1-13(2,3)11-7-5-10(6-8-11)12(9-15)14-4;/h5-8,12,14-15H,9H2,1-4H3;1H. The largest absolute Gasteiger partial charge is 0.394 e. The first kappa shape index (κ1) is 15.4. The Bertz CT molecular complexity index is 299. The van der Waals surface area contributed by atoms with Crippen molar-refractivity contribution in [2.45, 2.75) is 32.2 Å². The summed E-state index contributed by atoms with van der Waals surface area (Å²) < 4.78 is 0. The van der Waals surface area contributed by atoms with Crippen LogP contribution in [0.25, 0.3) is 0 Å². The van der Waals surface area contributed by atoms with Gasteiger partial charge in [-0.25, -0.2) is 0 Å². The lowest BCUT2D eigenvalue weighted by molar-refractivity contribution is 0.251. The molecule has 1 atom stereocenters. The number of halogens is 1. The first-order chi connectivity index (χ1) is 6.99. The summed E-state index contributed by atoms with van der Waals surface area (Å²) in [6, 6.07) is 8.47. The highest BCUT2D eigenvalue weighted by Gasteiger charge is 2.14. The minimum Gasteiger partial charge on any atom is -0.394 e. The zero-order chi connectivity index (χ0) is 11.5. The van der Waals surface area contributed by atoms with Gasteiger partial charge in [0.2, 0.25) is 0 Å². The van der Waals surface area contributed by atoms with E-state index in [0.29, 0.717) is 0 Å². The summed E-state index contributed by atoms with van der Waals surface area (Å²) in [5, 5.41) is 12.2. The van der Waals surface area contributed by atoms with Crippen LogP contribution in [0.3, 0.4) is 0 Å². The van der Waals surface area contributed by atoms with Crippen molar-refractivity contribution >= 4 is 12.4 Å². The average molecular weight is 244 g/mol. The lowest BCUT2D eigenvalue weighted by Gasteiger charge is -2.20. The Morgan fingerprint density at radius 1 is 1.19 bits per heavy atom. The Morgan fingerprint density at radius 3 is 2.00 bits per heavy atom. The second-order valence-corrected chi connectivity index (χ2v) is 4.90. The number of nitrogens with one attached hydrogen (secondary N) is 1. The quantitative estimate of drug-likeness (QED) is 0.856. The minimum absolute atomic E-state index is 0. The van der Waals surface area contributed by atoms with Gasteiger partial charge in [-0.15, -0.1) is 12.4 Å². The third-order valence-corrected chi connectivity index (χ3v) is 2.71. The summed E-state index contributed by atoms with van der Waals surface area (Å²) in [5.74, 6) is 0. The van der Waals surface area contributed by atoms with Crippen molar-refractivity contribution in [3.05, 3.63) is 35.4 Å². The Kier molecular flexibility index (Phi) is 6.01. The van der Waals surface area contributed by atoms with Crippen LogP contribution in [0, 0.1) is 0 Å². The Morgan fingerprint density at radius 2 is 1.69 bits per heavy atom. The van der Waals surface area contributed by atoms with Crippen LogP contribution in [0.5, 0.6) is 0 Å².